The van der Waals surface area contributed by atoms with Crippen molar-refractivity contribution < 1.29 is 19.0 Å². The van der Waals surface area contributed by atoms with Crippen LogP contribution in [0.2, 0.25) is 0 Å². The van der Waals surface area contributed by atoms with E-state index >= 15 is 0 Å². The van der Waals surface area contributed by atoms with Crippen molar-refractivity contribution in [2.45, 2.75) is 37.8 Å². The van der Waals surface area contributed by atoms with Crippen LogP contribution in [-0.4, -0.2) is 36.6 Å². The Hall–Kier alpha value is -3.35. The molecule has 7 nitrogen and oxygen atoms in total. The number of esters is 1. The van der Waals surface area contributed by atoms with E-state index in [9.17, 15) is 9.59 Å². The molecule has 43 heavy (non-hydrogen) atoms. The Balaban J connectivity index is 1.77. The van der Waals surface area contributed by atoms with Crippen molar-refractivity contribution in [2.75, 3.05) is 20.0 Å². The zero-order valence-corrected chi connectivity index (χ0v) is 28.2. The van der Waals surface area contributed by atoms with Crippen molar-refractivity contribution >= 4 is 63.4 Å². The number of rotatable bonds is 9. The number of carbonyl (C=O) groups excluding carboxylic acids is 1. The lowest BCUT2D eigenvalue weighted by Gasteiger charge is -2.26. The van der Waals surface area contributed by atoms with Crippen LogP contribution in [0.15, 0.2) is 87.0 Å². The van der Waals surface area contributed by atoms with Crippen molar-refractivity contribution in [2.24, 2.45) is 4.99 Å². The predicted octanol–water partition coefficient (Wildman–Crippen LogP) is 6.06. The Morgan fingerprint density at radius 2 is 1.86 bits per heavy atom. The summed E-state index contributed by atoms with van der Waals surface area (Å²) in [6, 6.07) is 20.5. The molecule has 3 aromatic carbocycles. The lowest BCUT2D eigenvalue weighted by molar-refractivity contribution is -0.138. The summed E-state index contributed by atoms with van der Waals surface area (Å²) in [4.78, 5) is 34.3. The number of halogens is 1. The number of fused-ring (bicyclic) bond motifs is 1. The van der Waals surface area contributed by atoms with Gasteiger partial charge in [0.25, 0.3) is 5.56 Å². The molecule has 1 aliphatic heterocycles. The minimum atomic E-state index is -0.722. The number of ether oxygens (including phenoxy) is 3. The van der Waals surface area contributed by atoms with E-state index in [1.54, 1.807) is 30.4 Å². The van der Waals surface area contributed by atoms with Crippen molar-refractivity contribution in [3.63, 3.8) is 0 Å². The van der Waals surface area contributed by atoms with Crippen molar-refractivity contribution in [1.82, 2.24) is 4.57 Å². The zero-order chi connectivity index (χ0) is 30.7. The van der Waals surface area contributed by atoms with Gasteiger partial charge in [-0.25, -0.2) is 9.79 Å². The molecular formula is C33H31IN2O5S2. The summed E-state index contributed by atoms with van der Waals surface area (Å²) in [5.74, 6) is 0.748. The minimum absolute atomic E-state index is 0.0191. The number of nitrogens with zero attached hydrogens (tertiary/aromatic N) is 2. The van der Waals surface area contributed by atoms with Crippen LogP contribution in [0.4, 0.5) is 0 Å². The van der Waals surface area contributed by atoms with Crippen molar-refractivity contribution in [3.05, 3.63) is 112 Å². The van der Waals surface area contributed by atoms with Gasteiger partial charge in [-0.2, -0.15) is 0 Å². The summed E-state index contributed by atoms with van der Waals surface area (Å²) >= 11 is 5.13. The highest BCUT2D eigenvalue weighted by Crippen LogP contribution is 2.37. The van der Waals surface area contributed by atoms with Gasteiger partial charge in [0.2, 0.25) is 0 Å². The number of methoxy groups -OCH3 is 1. The molecule has 0 fully saturated rings. The molecule has 2 heterocycles. The zero-order valence-electron chi connectivity index (χ0n) is 24.4. The van der Waals surface area contributed by atoms with Gasteiger partial charge in [0, 0.05) is 10.5 Å². The van der Waals surface area contributed by atoms with Gasteiger partial charge in [-0.15, -0.1) is 11.8 Å². The largest absolute Gasteiger partial charge is 0.493 e. The van der Waals surface area contributed by atoms with Crippen LogP contribution in [0.5, 0.6) is 11.5 Å². The van der Waals surface area contributed by atoms with Crippen molar-refractivity contribution in [1.29, 1.82) is 0 Å². The molecule has 0 amide bonds. The molecule has 1 atom stereocenters. The second-order valence-electron chi connectivity index (χ2n) is 9.91. The highest BCUT2D eigenvalue weighted by atomic mass is 127. The lowest BCUT2D eigenvalue weighted by atomic mass is 9.93. The third-order valence-electron chi connectivity index (χ3n) is 6.71. The standard InChI is InChI=1S/C33H31IN2O5S2/c1-6-40-32(38)27-28(21-10-8-7-9-11-21)35-33-36(29(27)22-12-14-23(42-5)15-13-22)31(37)26(43-33)18-20-16-24(34)30(41-19(2)3)25(17-20)39-4/h7-19,29H,6H2,1-5H3/b26-18-/t29-/m1/s1. The van der Waals surface area contributed by atoms with Gasteiger partial charge in [-0.05, 0) is 91.1 Å². The first-order chi connectivity index (χ1) is 20.7. The number of aromatic nitrogens is 1. The van der Waals surface area contributed by atoms with Crippen LogP contribution < -0.4 is 24.4 Å². The van der Waals surface area contributed by atoms with E-state index in [1.807, 2.05) is 92.9 Å². The molecule has 0 spiro atoms. The number of carbonyl (C=O) groups is 1. The fourth-order valence-electron chi connectivity index (χ4n) is 4.87. The summed E-state index contributed by atoms with van der Waals surface area (Å²) in [6.45, 7) is 5.89. The van der Waals surface area contributed by atoms with Crippen LogP contribution in [-0.2, 0) is 9.53 Å². The quantitative estimate of drug-likeness (QED) is 0.119. The van der Waals surface area contributed by atoms with Gasteiger partial charge in [-0.1, -0.05) is 53.8 Å². The SMILES string of the molecule is CCOC(=O)C1=C(c2ccccc2)N=c2s/c(=C\c3cc(I)c(OC(C)C)c(OC)c3)c(=O)n2[C@@H]1c1ccc(SC)cc1. The van der Waals surface area contributed by atoms with Gasteiger partial charge in [0.05, 0.1) is 45.2 Å². The molecule has 10 heteroatoms. The van der Waals surface area contributed by atoms with E-state index in [-0.39, 0.29) is 18.3 Å². The fourth-order valence-corrected chi connectivity index (χ4v) is 7.03. The smallest absolute Gasteiger partial charge is 0.338 e. The fraction of sp³-hybridized carbons (Fsp3) is 0.242. The minimum Gasteiger partial charge on any atom is -0.493 e. The first-order valence-corrected chi connectivity index (χ1v) is 16.8. The Morgan fingerprint density at radius 1 is 1.14 bits per heavy atom. The molecule has 0 unspecified atom stereocenters. The van der Waals surface area contributed by atoms with E-state index < -0.39 is 12.0 Å². The highest BCUT2D eigenvalue weighted by Gasteiger charge is 2.35. The molecule has 222 valence electrons. The van der Waals surface area contributed by atoms with Gasteiger partial charge in [-0.3, -0.25) is 9.36 Å². The van der Waals surface area contributed by atoms with Gasteiger partial charge in [0.15, 0.2) is 16.3 Å². The number of benzene rings is 3. The van der Waals surface area contributed by atoms with Crippen LogP contribution >= 0.6 is 45.7 Å². The molecule has 4 aromatic rings. The van der Waals surface area contributed by atoms with Gasteiger partial charge in [0.1, 0.15) is 0 Å². The Morgan fingerprint density at radius 3 is 2.49 bits per heavy atom. The molecule has 0 radical (unpaired) electrons. The Labute approximate surface area is 272 Å². The third-order valence-corrected chi connectivity index (χ3v) is 9.24. The molecule has 5 rings (SSSR count). The second kappa shape index (κ2) is 13.5. The maximum absolute atomic E-state index is 14.2. The monoisotopic (exact) mass is 726 g/mol. The molecule has 0 saturated heterocycles. The molecule has 0 aliphatic carbocycles. The Bertz CT molecular complexity index is 1860. The summed E-state index contributed by atoms with van der Waals surface area (Å²) in [5, 5.41) is 0. The number of hydrogen-bond acceptors (Lipinski definition) is 8. The first kappa shape index (κ1) is 31.1. The van der Waals surface area contributed by atoms with Crippen LogP contribution in [0.1, 0.15) is 43.5 Å². The average molecular weight is 727 g/mol. The maximum Gasteiger partial charge on any atom is 0.338 e. The molecule has 1 aliphatic rings. The summed E-state index contributed by atoms with van der Waals surface area (Å²) in [6.07, 6.45) is 3.82. The lowest BCUT2D eigenvalue weighted by Crippen LogP contribution is -2.40. The van der Waals surface area contributed by atoms with Gasteiger partial charge < -0.3 is 14.2 Å². The number of thioether (sulfide) groups is 1. The van der Waals surface area contributed by atoms with Crippen LogP contribution in [0, 0.1) is 3.57 Å². The molecule has 0 saturated carbocycles. The Kier molecular flexibility index (Phi) is 9.78. The first-order valence-electron chi connectivity index (χ1n) is 13.7. The number of hydrogen-bond donors (Lipinski definition) is 0. The van der Waals surface area contributed by atoms with E-state index in [0.717, 1.165) is 25.2 Å². The van der Waals surface area contributed by atoms with Gasteiger partial charge >= 0.3 is 5.97 Å². The predicted molar refractivity (Wildman–Crippen MR) is 181 cm³/mol. The highest BCUT2D eigenvalue weighted by molar-refractivity contribution is 14.1. The summed E-state index contributed by atoms with van der Waals surface area (Å²) in [7, 11) is 1.60. The van der Waals surface area contributed by atoms with E-state index in [0.29, 0.717) is 32.1 Å². The molecule has 0 bridgehead atoms. The molecular weight excluding hydrogens is 695 g/mol. The molecule has 0 N–H and O–H groups in total. The topological polar surface area (TPSA) is 79.1 Å². The van der Waals surface area contributed by atoms with E-state index in [1.165, 1.54) is 11.3 Å². The summed E-state index contributed by atoms with van der Waals surface area (Å²) in [5.41, 5.74) is 2.94. The normalized spacial score (nSPS) is 14.9. The third kappa shape index (κ3) is 6.46. The van der Waals surface area contributed by atoms with Crippen LogP contribution in [0.3, 0.4) is 0 Å². The second-order valence-corrected chi connectivity index (χ2v) is 13.0. The number of thiazole rings is 1. The average Bonchev–Trinajstić information content (AvgIpc) is 3.32. The van der Waals surface area contributed by atoms with Crippen LogP contribution in [0.25, 0.3) is 11.8 Å². The summed E-state index contributed by atoms with van der Waals surface area (Å²) < 4.78 is 20.1. The van der Waals surface area contributed by atoms with Crippen molar-refractivity contribution in [3.8, 4) is 11.5 Å². The molecule has 1 aromatic heterocycles. The van der Waals surface area contributed by atoms with E-state index in [2.05, 4.69) is 22.6 Å². The maximum atomic E-state index is 14.2. The van der Waals surface area contributed by atoms with E-state index in [4.69, 9.17) is 19.2 Å².